The zero-order valence-corrected chi connectivity index (χ0v) is 11.7. The molecule has 0 bridgehead atoms. The van der Waals surface area contributed by atoms with Crippen molar-refractivity contribution in [2.45, 2.75) is 51.9 Å². The quantitative estimate of drug-likeness (QED) is 0.771. The summed E-state index contributed by atoms with van der Waals surface area (Å²) in [6.45, 7) is 5.24. The van der Waals surface area contributed by atoms with Gasteiger partial charge in [-0.3, -0.25) is 4.79 Å². The Morgan fingerprint density at radius 2 is 1.89 bits per heavy atom. The topological polar surface area (TPSA) is 29.5 Å². The number of hydrogen-bond donors (Lipinski definition) is 0. The first-order valence-electron chi connectivity index (χ1n) is 7.61. The highest BCUT2D eigenvalue weighted by Crippen LogP contribution is 2.30. The molecule has 1 amide bonds. The Morgan fingerprint density at radius 3 is 2.56 bits per heavy atom. The smallest absolute Gasteiger partial charge is 0.222 e. The molecule has 0 N–H and O–H groups in total. The van der Waals surface area contributed by atoms with E-state index in [2.05, 4.69) is 6.92 Å². The Morgan fingerprint density at radius 1 is 1.22 bits per heavy atom. The molecule has 18 heavy (non-hydrogen) atoms. The number of carbonyl (C=O) groups is 1. The molecule has 0 spiro atoms. The maximum atomic E-state index is 12.1. The van der Waals surface area contributed by atoms with Gasteiger partial charge in [-0.2, -0.15) is 0 Å². The molecule has 2 aliphatic rings. The van der Waals surface area contributed by atoms with Gasteiger partial charge < -0.3 is 9.64 Å². The Kier molecular flexibility index (Phi) is 5.48. The van der Waals surface area contributed by atoms with Crippen molar-refractivity contribution in [3.63, 3.8) is 0 Å². The number of morpholine rings is 1. The standard InChI is InChI=1S/C15H27NO2/c1-13(11-14-5-3-2-4-6-14)12-15(17)16-7-9-18-10-8-16/h13-14H,2-12H2,1H3. The van der Waals surface area contributed by atoms with Gasteiger partial charge in [0.1, 0.15) is 0 Å². The van der Waals surface area contributed by atoms with E-state index in [0.717, 1.165) is 25.4 Å². The molecule has 1 saturated heterocycles. The molecule has 1 aliphatic heterocycles. The number of carbonyl (C=O) groups excluding carboxylic acids is 1. The van der Waals surface area contributed by atoms with Crippen LogP contribution in [0.4, 0.5) is 0 Å². The number of amides is 1. The second-order valence-electron chi connectivity index (χ2n) is 6.04. The summed E-state index contributed by atoms with van der Waals surface area (Å²) in [5, 5.41) is 0. The summed E-state index contributed by atoms with van der Waals surface area (Å²) in [7, 11) is 0. The summed E-state index contributed by atoms with van der Waals surface area (Å²) in [6, 6.07) is 0. The average Bonchev–Trinajstić information content (AvgIpc) is 2.40. The van der Waals surface area contributed by atoms with Gasteiger partial charge in [0.2, 0.25) is 5.91 Å². The second-order valence-corrected chi connectivity index (χ2v) is 6.04. The summed E-state index contributed by atoms with van der Waals surface area (Å²) in [5.41, 5.74) is 0. The van der Waals surface area contributed by atoms with Crippen molar-refractivity contribution < 1.29 is 9.53 Å². The van der Waals surface area contributed by atoms with E-state index < -0.39 is 0 Å². The van der Waals surface area contributed by atoms with Gasteiger partial charge in [0.25, 0.3) is 0 Å². The Labute approximate surface area is 111 Å². The highest BCUT2D eigenvalue weighted by molar-refractivity contribution is 5.76. The molecule has 104 valence electrons. The molecule has 0 aromatic carbocycles. The molecule has 3 nitrogen and oxygen atoms in total. The molecule has 1 unspecified atom stereocenters. The van der Waals surface area contributed by atoms with Crippen molar-refractivity contribution in [1.29, 1.82) is 0 Å². The van der Waals surface area contributed by atoms with Crippen LogP contribution in [0.3, 0.4) is 0 Å². The van der Waals surface area contributed by atoms with Crippen molar-refractivity contribution in [3.8, 4) is 0 Å². The normalized spacial score (nSPS) is 23.9. The first kappa shape index (κ1) is 13.9. The predicted octanol–water partition coefficient (Wildman–Crippen LogP) is 2.84. The van der Waals surface area contributed by atoms with Crippen LogP contribution < -0.4 is 0 Å². The van der Waals surface area contributed by atoms with E-state index in [-0.39, 0.29) is 0 Å². The lowest BCUT2D eigenvalue weighted by Gasteiger charge is -2.29. The van der Waals surface area contributed by atoms with Crippen LogP contribution in [-0.2, 0) is 9.53 Å². The minimum Gasteiger partial charge on any atom is -0.378 e. The summed E-state index contributed by atoms with van der Waals surface area (Å²) in [6.07, 6.45) is 8.96. The van der Waals surface area contributed by atoms with E-state index >= 15 is 0 Å². The number of ether oxygens (including phenoxy) is 1. The van der Waals surface area contributed by atoms with Crippen LogP contribution in [0.5, 0.6) is 0 Å². The molecule has 1 atom stereocenters. The third-order valence-electron chi connectivity index (χ3n) is 4.35. The van der Waals surface area contributed by atoms with Crippen molar-refractivity contribution >= 4 is 5.91 Å². The number of nitrogens with zero attached hydrogens (tertiary/aromatic N) is 1. The van der Waals surface area contributed by atoms with Crippen LogP contribution >= 0.6 is 0 Å². The Bertz CT molecular complexity index is 255. The van der Waals surface area contributed by atoms with Gasteiger partial charge in [0.05, 0.1) is 13.2 Å². The Hall–Kier alpha value is -0.570. The van der Waals surface area contributed by atoms with Crippen LogP contribution in [0, 0.1) is 11.8 Å². The number of hydrogen-bond acceptors (Lipinski definition) is 2. The van der Waals surface area contributed by atoms with Crippen LogP contribution in [0.1, 0.15) is 51.9 Å². The lowest BCUT2D eigenvalue weighted by Crippen LogP contribution is -2.41. The van der Waals surface area contributed by atoms with Gasteiger partial charge in [-0.25, -0.2) is 0 Å². The SMILES string of the molecule is CC(CC(=O)N1CCOCC1)CC1CCCCC1. The fourth-order valence-electron chi connectivity index (χ4n) is 3.32. The summed E-state index contributed by atoms with van der Waals surface area (Å²) in [5.74, 6) is 1.76. The molecule has 1 heterocycles. The van der Waals surface area contributed by atoms with E-state index in [1.807, 2.05) is 4.90 Å². The Balaban J connectivity index is 1.68. The molecule has 2 fully saturated rings. The van der Waals surface area contributed by atoms with E-state index in [1.165, 1.54) is 38.5 Å². The van der Waals surface area contributed by atoms with Gasteiger partial charge in [-0.1, -0.05) is 39.0 Å². The molecule has 0 aromatic heterocycles. The zero-order valence-electron chi connectivity index (χ0n) is 11.7. The molecular formula is C15H27NO2. The van der Waals surface area contributed by atoms with Crippen LogP contribution in [0.25, 0.3) is 0 Å². The van der Waals surface area contributed by atoms with E-state index in [1.54, 1.807) is 0 Å². The van der Waals surface area contributed by atoms with Crippen LogP contribution in [0.15, 0.2) is 0 Å². The van der Waals surface area contributed by atoms with E-state index in [0.29, 0.717) is 25.0 Å². The van der Waals surface area contributed by atoms with Gasteiger partial charge in [0.15, 0.2) is 0 Å². The zero-order chi connectivity index (χ0) is 12.8. The summed E-state index contributed by atoms with van der Waals surface area (Å²) in [4.78, 5) is 14.1. The van der Waals surface area contributed by atoms with Gasteiger partial charge in [-0.05, 0) is 18.3 Å². The van der Waals surface area contributed by atoms with Crippen LogP contribution in [-0.4, -0.2) is 37.1 Å². The molecule has 0 radical (unpaired) electrons. The monoisotopic (exact) mass is 253 g/mol. The van der Waals surface area contributed by atoms with Gasteiger partial charge >= 0.3 is 0 Å². The van der Waals surface area contributed by atoms with Gasteiger partial charge in [0, 0.05) is 19.5 Å². The first-order chi connectivity index (χ1) is 8.75. The third-order valence-corrected chi connectivity index (χ3v) is 4.35. The maximum absolute atomic E-state index is 12.1. The van der Waals surface area contributed by atoms with Gasteiger partial charge in [-0.15, -0.1) is 0 Å². The second kappa shape index (κ2) is 7.13. The summed E-state index contributed by atoms with van der Waals surface area (Å²) < 4.78 is 5.28. The largest absolute Gasteiger partial charge is 0.378 e. The minimum atomic E-state index is 0.335. The minimum absolute atomic E-state index is 0.335. The lowest BCUT2D eigenvalue weighted by atomic mass is 9.82. The fraction of sp³-hybridized carbons (Fsp3) is 0.933. The molecule has 2 rings (SSSR count). The predicted molar refractivity (Wildman–Crippen MR) is 72.4 cm³/mol. The molecule has 0 aromatic rings. The lowest BCUT2D eigenvalue weighted by molar-refractivity contribution is -0.136. The fourth-order valence-corrected chi connectivity index (χ4v) is 3.32. The average molecular weight is 253 g/mol. The van der Waals surface area contributed by atoms with Crippen molar-refractivity contribution in [2.24, 2.45) is 11.8 Å². The number of rotatable bonds is 4. The summed E-state index contributed by atoms with van der Waals surface area (Å²) >= 11 is 0. The van der Waals surface area contributed by atoms with Crippen molar-refractivity contribution in [2.75, 3.05) is 26.3 Å². The van der Waals surface area contributed by atoms with E-state index in [9.17, 15) is 4.79 Å². The highest BCUT2D eigenvalue weighted by atomic mass is 16.5. The van der Waals surface area contributed by atoms with E-state index in [4.69, 9.17) is 4.74 Å². The third kappa shape index (κ3) is 4.27. The molecular weight excluding hydrogens is 226 g/mol. The highest BCUT2D eigenvalue weighted by Gasteiger charge is 2.21. The molecule has 3 heteroatoms. The molecule has 1 aliphatic carbocycles. The maximum Gasteiger partial charge on any atom is 0.222 e. The first-order valence-corrected chi connectivity index (χ1v) is 7.61. The van der Waals surface area contributed by atoms with Crippen molar-refractivity contribution in [3.05, 3.63) is 0 Å². The van der Waals surface area contributed by atoms with Crippen molar-refractivity contribution in [1.82, 2.24) is 4.90 Å². The van der Waals surface area contributed by atoms with Crippen LogP contribution in [0.2, 0.25) is 0 Å². The molecule has 1 saturated carbocycles.